The van der Waals surface area contributed by atoms with Crippen molar-refractivity contribution in [2.45, 2.75) is 44.9 Å². The van der Waals surface area contributed by atoms with Gasteiger partial charge in [-0.15, -0.1) is 0 Å². The van der Waals surface area contributed by atoms with Gasteiger partial charge in [0.1, 0.15) is 13.0 Å². The zero-order chi connectivity index (χ0) is 34.9. The molecule has 0 spiro atoms. The summed E-state index contributed by atoms with van der Waals surface area (Å²) in [6, 6.07) is 22.3. The van der Waals surface area contributed by atoms with Gasteiger partial charge in [0.2, 0.25) is 5.69 Å². The number of allylic oxidation sites excluding steroid dienone is 6. The van der Waals surface area contributed by atoms with Gasteiger partial charge < -0.3 is 19.5 Å². The Balaban J connectivity index is 1.40. The fourth-order valence-corrected chi connectivity index (χ4v) is 7.57. The maximum atomic E-state index is 12.3. The van der Waals surface area contributed by atoms with E-state index >= 15 is 0 Å². The Kier molecular flexibility index (Phi) is 8.99. The van der Waals surface area contributed by atoms with Crippen LogP contribution in [0.1, 0.15) is 55.6 Å². The van der Waals surface area contributed by atoms with Crippen LogP contribution in [0.5, 0.6) is 0 Å². The lowest BCUT2D eigenvalue weighted by Crippen LogP contribution is -2.29. The van der Waals surface area contributed by atoms with E-state index in [2.05, 4.69) is 79.6 Å². The molecular formula is C41H41N2O6+. The van der Waals surface area contributed by atoms with Gasteiger partial charge >= 0.3 is 11.9 Å². The first kappa shape index (κ1) is 33.4. The highest BCUT2D eigenvalue weighted by Crippen LogP contribution is 2.50. The molecule has 1 N–H and O–H groups in total. The Bertz CT molecular complexity index is 2120. The number of ether oxygens (including phenoxy) is 2. The largest absolute Gasteiger partial charge is 0.481 e. The zero-order valence-corrected chi connectivity index (χ0v) is 28.5. The fourth-order valence-electron chi connectivity index (χ4n) is 7.57. The quantitative estimate of drug-likeness (QED) is 0.0443. The highest BCUT2D eigenvalue weighted by Gasteiger charge is 2.47. The van der Waals surface area contributed by atoms with Gasteiger partial charge in [0.15, 0.2) is 12.3 Å². The average molecular weight is 658 g/mol. The summed E-state index contributed by atoms with van der Waals surface area (Å²) in [5.41, 5.74) is 5.83. The van der Waals surface area contributed by atoms with Crippen molar-refractivity contribution >= 4 is 57.0 Å². The molecule has 0 atom stereocenters. The van der Waals surface area contributed by atoms with Gasteiger partial charge in [-0.1, -0.05) is 74.5 Å². The number of carbonyl (C=O) groups excluding carboxylic acids is 2. The molecule has 0 saturated heterocycles. The number of rotatable bonds is 11. The van der Waals surface area contributed by atoms with Crippen LogP contribution in [-0.2, 0) is 29.9 Å². The summed E-state index contributed by atoms with van der Waals surface area (Å²) in [4.78, 5) is 37.2. The molecule has 0 aromatic heterocycles. The summed E-state index contributed by atoms with van der Waals surface area (Å²) in [6.45, 7) is 10.1. The van der Waals surface area contributed by atoms with E-state index in [0.717, 1.165) is 39.1 Å². The van der Waals surface area contributed by atoms with Crippen LogP contribution < -0.4 is 4.90 Å². The van der Waals surface area contributed by atoms with Gasteiger partial charge in [0.25, 0.3) is 6.47 Å². The van der Waals surface area contributed by atoms with E-state index in [4.69, 9.17) is 9.47 Å². The lowest BCUT2D eigenvalue weighted by atomic mass is 9.78. The van der Waals surface area contributed by atoms with Crippen molar-refractivity contribution in [2.24, 2.45) is 0 Å². The highest BCUT2D eigenvalue weighted by molar-refractivity contribution is 6.18. The summed E-state index contributed by atoms with van der Waals surface area (Å²) in [6.07, 6.45) is 10.1. The van der Waals surface area contributed by atoms with Crippen molar-refractivity contribution in [3.63, 3.8) is 0 Å². The second-order valence-corrected chi connectivity index (χ2v) is 13.4. The lowest BCUT2D eigenvalue weighted by Gasteiger charge is -2.26. The van der Waals surface area contributed by atoms with E-state index in [1.165, 1.54) is 23.4 Å². The van der Waals surface area contributed by atoms with Crippen LogP contribution in [0.4, 0.5) is 11.4 Å². The molecule has 0 saturated carbocycles. The van der Waals surface area contributed by atoms with Crippen molar-refractivity contribution in [3.05, 3.63) is 119 Å². The van der Waals surface area contributed by atoms with Crippen molar-refractivity contribution in [2.75, 3.05) is 31.7 Å². The third-order valence-corrected chi connectivity index (χ3v) is 9.83. The summed E-state index contributed by atoms with van der Waals surface area (Å²) in [5.74, 6) is -1.24. The van der Waals surface area contributed by atoms with Crippen LogP contribution in [-0.4, -0.2) is 60.6 Å². The molecular weight excluding hydrogens is 616 g/mol. The van der Waals surface area contributed by atoms with E-state index < -0.39 is 22.8 Å². The van der Waals surface area contributed by atoms with Gasteiger partial charge in [-0.3, -0.25) is 9.59 Å². The summed E-state index contributed by atoms with van der Waals surface area (Å²) >= 11 is 0. The maximum absolute atomic E-state index is 12.3. The number of carboxylic acid groups (broad SMARTS) is 1. The third kappa shape index (κ3) is 5.81. The highest BCUT2D eigenvalue weighted by atomic mass is 16.5. The summed E-state index contributed by atoms with van der Waals surface area (Å²) < 4.78 is 12.2. The minimum Gasteiger partial charge on any atom is -0.481 e. The summed E-state index contributed by atoms with van der Waals surface area (Å²) in [5, 5.41) is 14.3. The molecule has 4 aromatic carbocycles. The second-order valence-electron chi connectivity index (χ2n) is 13.4. The van der Waals surface area contributed by atoms with E-state index in [-0.39, 0.29) is 13.0 Å². The Morgan fingerprint density at radius 1 is 0.878 bits per heavy atom. The number of esters is 1. The lowest BCUT2D eigenvalue weighted by molar-refractivity contribution is -0.435. The molecule has 6 rings (SSSR count). The molecule has 0 bridgehead atoms. The number of fused-ring (bicyclic) bond motifs is 7. The topological polar surface area (TPSA) is 96.2 Å². The van der Waals surface area contributed by atoms with Crippen molar-refractivity contribution < 1.29 is 33.5 Å². The predicted molar refractivity (Wildman–Crippen MR) is 193 cm³/mol. The van der Waals surface area contributed by atoms with Crippen LogP contribution in [0.15, 0.2) is 103 Å². The molecule has 8 heteroatoms. The SMILES string of the molecule is COC(=O)c1ccc2c(c1)C(C)(C)/C(=C/C=C/C=C/C1=[N+](CCC(=O)O)c3c(c4ccccc4c4ccccc34)C1(C)C)N2CCOC=O. The van der Waals surface area contributed by atoms with Gasteiger partial charge in [0.05, 0.1) is 30.0 Å². The molecule has 2 aliphatic heterocycles. The monoisotopic (exact) mass is 657 g/mol. The molecule has 0 amide bonds. The molecule has 250 valence electrons. The van der Waals surface area contributed by atoms with Crippen molar-refractivity contribution in [1.82, 2.24) is 0 Å². The zero-order valence-electron chi connectivity index (χ0n) is 28.5. The number of nitrogens with zero attached hydrogens (tertiary/aromatic N) is 2. The second kappa shape index (κ2) is 13.2. The van der Waals surface area contributed by atoms with E-state index in [0.29, 0.717) is 25.1 Å². The third-order valence-electron chi connectivity index (χ3n) is 9.83. The van der Waals surface area contributed by atoms with E-state index in [1.807, 2.05) is 48.6 Å². The first-order valence-electron chi connectivity index (χ1n) is 16.4. The predicted octanol–water partition coefficient (Wildman–Crippen LogP) is 7.60. The van der Waals surface area contributed by atoms with Crippen LogP contribution in [0.2, 0.25) is 0 Å². The van der Waals surface area contributed by atoms with Crippen LogP contribution in [0, 0.1) is 0 Å². The Morgan fingerprint density at radius 2 is 1.55 bits per heavy atom. The normalized spacial score (nSPS) is 17.0. The fraction of sp³-hybridized carbons (Fsp3) is 0.268. The number of carboxylic acids is 1. The number of benzene rings is 4. The number of anilines is 1. The number of hydrogen-bond donors (Lipinski definition) is 1. The van der Waals surface area contributed by atoms with Crippen molar-refractivity contribution in [1.29, 1.82) is 0 Å². The molecule has 0 fully saturated rings. The Labute approximate surface area is 286 Å². The first-order valence-corrected chi connectivity index (χ1v) is 16.4. The van der Waals surface area contributed by atoms with E-state index in [1.54, 1.807) is 6.07 Å². The molecule has 0 aliphatic carbocycles. The van der Waals surface area contributed by atoms with Gasteiger partial charge in [-0.2, -0.15) is 4.58 Å². The average Bonchev–Trinajstić information content (AvgIpc) is 3.45. The molecule has 2 aliphatic rings. The minimum atomic E-state index is -0.840. The molecule has 8 nitrogen and oxygen atoms in total. The van der Waals surface area contributed by atoms with Crippen molar-refractivity contribution in [3.8, 4) is 0 Å². The maximum Gasteiger partial charge on any atom is 0.337 e. The van der Waals surface area contributed by atoms with E-state index in [9.17, 15) is 19.5 Å². The van der Waals surface area contributed by atoms with Gasteiger partial charge in [-0.05, 0) is 65.9 Å². The van der Waals surface area contributed by atoms with Crippen LogP contribution >= 0.6 is 0 Å². The van der Waals surface area contributed by atoms with Gasteiger partial charge in [-0.25, -0.2) is 4.79 Å². The first-order chi connectivity index (χ1) is 23.5. The van der Waals surface area contributed by atoms with Crippen LogP contribution in [0.3, 0.4) is 0 Å². The Morgan fingerprint density at radius 3 is 2.22 bits per heavy atom. The number of hydrogen-bond acceptors (Lipinski definition) is 6. The van der Waals surface area contributed by atoms with Gasteiger partial charge in [0, 0.05) is 28.4 Å². The van der Waals surface area contributed by atoms with Crippen LogP contribution in [0.25, 0.3) is 21.5 Å². The molecule has 0 radical (unpaired) electrons. The number of carbonyl (C=O) groups is 3. The Hall–Kier alpha value is -5.50. The smallest absolute Gasteiger partial charge is 0.337 e. The minimum absolute atomic E-state index is 0.00688. The number of aliphatic carboxylic acids is 1. The number of methoxy groups -OCH3 is 1. The molecule has 4 aromatic rings. The molecule has 49 heavy (non-hydrogen) atoms. The standard InChI is InChI=1S/C41H40N2O6/c1-40(2)32-25-27(39(47)48-5)19-20-33(32)42(23-24-49-26-44)34(40)17-7-6-8-18-35-41(3,4)37-30-15-11-9-13-28(30)29-14-10-12-16-31(29)38(37)43(35)22-21-36(45)46/h6-20,25-26H,21-24H2,1-5H3/p+1. The molecule has 2 heterocycles. The molecule has 0 unspecified atom stereocenters. The summed E-state index contributed by atoms with van der Waals surface area (Å²) in [7, 11) is 1.37.